The fraction of sp³-hybridized carbons (Fsp3) is 0.130. The van der Waals surface area contributed by atoms with Gasteiger partial charge in [-0.3, -0.25) is 4.79 Å². The molecule has 2 aromatic heterocycles. The molecule has 7 nitrogen and oxygen atoms in total. The number of amides is 1. The molecule has 4 rings (SSSR count). The van der Waals surface area contributed by atoms with Crippen molar-refractivity contribution in [1.29, 1.82) is 0 Å². The Kier molecular flexibility index (Phi) is 5.95. The van der Waals surface area contributed by atoms with E-state index in [4.69, 9.17) is 29.9 Å². The van der Waals surface area contributed by atoms with E-state index in [0.29, 0.717) is 38.9 Å². The Morgan fingerprint density at radius 2 is 1.90 bits per heavy atom. The smallest absolute Gasteiger partial charge is 0.257 e. The van der Waals surface area contributed by atoms with Crippen molar-refractivity contribution >= 4 is 34.2 Å². The van der Waals surface area contributed by atoms with Gasteiger partial charge in [-0.05, 0) is 42.5 Å². The molecule has 158 valence electrons. The number of methoxy groups -OCH3 is 2. The van der Waals surface area contributed by atoms with Crippen molar-refractivity contribution in [2.24, 2.45) is 4.99 Å². The molecule has 31 heavy (non-hydrogen) atoms. The first-order valence-electron chi connectivity index (χ1n) is 9.38. The van der Waals surface area contributed by atoms with Gasteiger partial charge < -0.3 is 23.6 Å². The van der Waals surface area contributed by atoms with Gasteiger partial charge in [-0.25, -0.2) is 4.99 Å². The number of nitrogens with one attached hydrogen (secondary N) is 1. The van der Waals surface area contributed by atoms with Crippen LogP contribution in [0.4, 0.5) is 5.69 Å². The fourth-order valence-corrected chi connectivity index (χ4v) is 3.30. The van der Waals surface area contributed by atoms with Gasteiger partial charge in [0.25, 0.3) is 5.91 Å². The summed E-state index contributed by atoms with van der Waals surface area (Å²) >= 11 is 6.22. The summed E-state index contributed by atoms with van der Waals surface area (Å²) in [5, 5.41) is 3.92. The van der Waals surface area contributed by atoms with Crippen LogP contribution >= 0.6 is 11.6 Å². The van der Waals surface area contributed by atoms with Gasteiger partial charge in [0, 0.05) is 5.39 Å². The number of fused-ring (bicyclic) bond motifs is 1. The lowest BCUT2D eigenvalue weighted by Crippen LogP contribution is -2.28. The predicted octanol–water partition coefficient (Wildman–Crippen LogP) is 4.86. The van der Waals surface area contributed by atoms with E-state index in [0.717, 1.165) is 0 Å². The zero-order valence-corrected chi connectivity index (χ0v) is 17.6. The van der Waals surface area contributed by atoms with Crippen LogP contribution < -0.4 is 20.3 Å². The number of hydrogen-bond acceptors (Lipinski definition) is 6. The number of halogens is 1. The van der Waals surface area contributed by atoms with E-state index < -0.39 is 0 Å². The molecule has 0 saturated carbocycles. The van der Waals surface area contributed by atoms with E-state index in [1.807, 2.05) is 12.1 Å². The largest absolute Gasteiger partial charge is 0.495 e. The number of carbonyl (C=O) groups is 1. The highest BCUT2D eigenvalue weighted by Gasteiger charge is 2.15. The molecule has 0 radical (unpaired) electrons. The molecule has 0 spiro atoms. The lowest BCUT2D eigenvalue weighted by molar-refractivity contribution is 0.0944. The normalized spacial score (nSPS) is 11.5. The molecule has 0 atom stereocenters. The highest BCUT2D eigenvalue weighted by atomic mass is 35.5. The Balaban J connectivity index is 1.83. The molecule has 0 bridgehead atoms. The van der Waals surface area contributed by atoms with E-state index >= 15 is 0 Å². The van der Waals surface area contributed by atoms with Crippen molar-refractivity contribution in [2.45, 2.75) is 6.54 Å². The lowest BCUT2D eigenvalue weighted by Gasteiger charge is -2.08. The highest BCUT2D eigenvalue weighted by molar-refractivity contribution is 6.32. The summed E-state index contributed by atoms with van der Waals surface area (Å²) in [7, 11) is 3.08. The highest BCUT2D eigenvalue weighted by Crippen LogP contribution is 2.29. The first kappa shape index (κ1) is 20.6. The Morgan fingerprint density at radius 1 is 1.06 bits per heavy atom. The second-order valence-corrected chi connectivity index (χ2v) is 6.94. The van der Waals surface area contributed by atoms with E-state index in [2.05, 4.69) is 10.3 Å². The van der Waals surface area contributed by atoms with Crippen molar-refractivity contribution in [3.63, 3.8) is 0 Å². The molecule has 1 amide bonds. The molecule has 0 aliphatic heterocycles. The summed E-state index contributed by atoms with van der Waals surface area (Å²) in [6, 6.07) is 15.7. The van der Waals surface area contributed by atoms with E-state index in [1.165, 1.54) is 7.11 Å². The summed E-state index contributed by atoms with van der Waals surface area (Å²) in [5.74, 6) is 1.33. The van der Waals surface area contributed by atoms with Crippen LogP contribution in [-0.4, -0.2) is 20.1 Å². The van der Waals surface area contributed by atoms with Gasteiger partial charge in [0.15, 0.2) is 11.3 Å². The molecule has 0 aliphatic rings. The van der Waals surface area contributed by atoms with E-state index in [1.54, 1.807) is 55.8 Å². The van der Waals surface area contributed by atoms with Crippen LogP contribution in [-0.2, 0) is 6.54 Å². The SMILES string of the molecule is COc1ccc(N=c2oc3c(OC)cccc3cc2C(=O)NCc2ccco2)cc1Cl. The van der Waals surface area contributed by atoms with Crippen molar-refractivity contribution in [3.05, 3.63) is 82.8 Å². The number of para-hydroxylation sites is 1. The Labute approximate surface area is 182 Å². The Hall–Kier alpha value is -3.71. The van der Waals surface area contributed by atoms with Crippen molar-refractivity contribution in [2.75, 3.05) is 14.2 Å². The van der Waals surface area contributed by atoms with Gasteiger partial charge in [-0.15, -0.1) is 0 Å². The van der Waals surface area contributed by atoms with Crippen LogP contribution in [0, 0.1) is 0 Å². The summed E-state index contributed by atoms with van der Waals surface area (Å²) < 4.78 is 21.9. The Bertz CT molecular complexity index is 1300. The van der Waals surface area contributed by atoms with Gasteiger partial charge in [0.05, 0.1) is 37.7 Å². The molecule has 0 saturated heterocycles. The molecule has 0 fully saturated rings. The topological polar surface area (TPSA) is 86.2 Å². The van der Waals surface area contributed by atoms with Crippen LogP contribution in [0.15, 0.2) is 74.7 Å². The van der Waals surface area contributed by atoms with Gasteiger partial charge in [0.1, 0.15) is 17.1 Å². The molecule has 2 heterocycles. The molecular weight excluding hydrogens is 420 g/mol. The maximum absolute atomic E-state index is 13.0. The van der Waals surface area contributed by atoms with E-state index in [9.17, 15) is 4.79 Å². The van der Waals surface area contributed by atoms with Gasteiger partial charge >= 0.3 is 0 Å². The minimum Gasteiger partial charge on any atom is -0.495 e. The summed E-state index contributed by atoms with van der Waals surface area (Å²) in [5.41, 5.74) is 1.37. The van der Waals surface area contributed by atoms with Crippen molar-refractivity contribution < 1.29 is 23.1 Å². The first-order chi connectivity index (χ1) is 15.1. The first-order valence-corrected chi connectivity index (χ1v) is 9.76. The number of benzene rings is 2. The number of hydrogen-bond donors (Lipinski definition) is 1. The van der Waals surface area contributed by atoms with Gasteiger partial charge in [-0.1, -0.05) is 23.7 Å². The third-order valence-corrected chi connectivity index (χ3v) is 4.87. The number of carbonyl (C=O) groups excluding carboxylic acids is 1. The van der Waals surface area contributed by atoms with E-state index in [-0.39, 0.29) is 23.6 Å². The average molecular weight is 439 g/mol. The molecule has 0 unspecified atom stereocenters. The number of rotatable bonds is 6. The molecule has 8 heteroatoms. The summed E-state index contributed by atoms with van der Waals surface area (Å²) in [6.45, 7) is 0.232. The van der Waals surface area contributed by atoms with Crippen LogP contribution in [0.2, 0.25) is 5.02 Å². The van der Waals surface area contributed by atoms with Crippen molar-refractivity contribution in [3.8, 4) is 11.5 Å². The molecule has 0 aliphatic carbocycles. The van der Waals surface area contributed by atoms with Crippen LogP contribution in [0.3, 0.4) is 0 Å². The van der Waals surface area contributed by atoms with Gasteiger partial charge in [0.2, 0.25) is 5.55 Å². The molecule has 1 N–H and O–H groups in total. The molecule has 2 aromatic carbocycles. The Morgan fingerprint density at radius 3 is 2.61 bits per heavy atom. The minimum absolute atomic E-state index is 0.121. The predicted molar refractivity (Wildman–Crippen MR) is 116 cm³/mol. The zero-order valence-electron chi connectivity index (χ0n) is 16.8. The summed E-state index contributed by atoms with van der Waals surface area (Å²) in [6.07, 6.45) is 1.55. The standard InChI is InChI=1S/C23H19ClN2O5/c1-28-19-9-8-15(12-18(19)24)26-23-17(22(27)25-13-16-6-4-10-30-16)11-14-5-3-7-20(29-2)21(14)31-23/h3-12H,13H2,1-2H3,(H,25,27). The van der Waals surface area contributed by atoms with Crippen LogP contribution in [0.1, 0.15) is 16.1 Å². The maximum atomic E-state index is 13.0. The molecule has 4 aromatic rings. The summed E-state index contributed by atoms with van der Waals surface area (Å²) in [4.78, 5) is 17.5. The average Bonchev–Trinajstić information content (AvgIpc) is 3.30. The third-order valence-electron chi connectivity index (χ3n) is 4.57. The zero-order chi connectivity index (χ0) is 21.8. The number of furan rings is 1. The third kappa shape index (κ3) is 4.41. The van der Waals surface area contributed by atoms with Crippen molar-refractivity contribution in [1.82, 2.24) is 5.32 Å². The lowest BCUT2D eigenvalue weighted by atomic mass is 10.1. The van der Waals surface area contributed by atoms with Crippen LogP contribution in [0.5, 0.6) is 11.5 Å². The number of ether oxygens (including phenoxy) is 2. The van der Waals surface area contributed by atoms with Gasteiger partial charge in [-0.2, -0.15) is 0 Å². The second-order valence-electron chi connectivity index (χ2n) is 6.54. The minimum atomic E-state index is -0.358. The fourth-order valence-electron chi connectivity index (χ4n) is 3.05. The quantitative estimate of drug-likeness (QED) is 0.464. The number of nitrogens with zero attached hydrogens (tertiary/aromatic N) is 1. The monoisotopic (exact) mass is 438 g/mol. The molecular formula is C23H19ClN2O5. The second kappa shape index (κ2) is 8.97. The maximum Gasteiger partial charge on any atom is 0.257 e. The van der Waals surface area contributed by atoms with Crippen LogP contribution in [0.25, 0.3) is 11.0 Å².